The van der Waals surface area contributed by atoms with Gasteiger partial charge in [0, 0.05) is 10.2 Å². The van der Waals surface area contributed by atoms with Gasteiger partial charge in [-0.25, -0.2) is 4.68 Å². The molecule has 0 spiro atoms. The first-order chi connectivity index (χ1) is 11.2. The fraction of sp³-hybridized carbons (Fsp3) is 0.111. The summed E-state index contributed by atoms with van der Waals surface area (Å²) in [6.45, 7) is 2.09. The van der Waals surface area contributed by atoms with Crippen LogP contribution in [0.2, 0.25) is 0 Å². The molecule has 0 bridgehead atoms. The molecule has 1 aliphatic rings. The summed E-state index contributed by atoms with van der Waals surface area (Å²) in [5, 5.41) is 7.73. The lowest BCUT2D eigenvalue weighted by Gasteiger charge is -2.24. The number of anilines is 1. The Morgan fingerprint density at radius 1 is 1.13 bits per heavy atom. The first kappa shape index (κ1) is 14.2. The van der Waals surface area contributed by atoms with E-state index in [2.05, 4.69) is 80.7 Å². The average molecular weight is 367 g/mol. The zero-order chi connectivity index (χ0) is 15.8. The predicted octanol–water partition coefficient (Wildman–Crippen LogP) is 4.41. The molecule has 0 fully saturated rings. The summed E-state index contributed by atoms with van der Waals surface area (Å²) in [6.07, 6.45) is 3.77. The van der Waals surface area contributed by atoms with Crippen molar-refractivity contribution in [3.63, 3.8) is 0 Å². The van der Waals surface area contributed by atoms with E-state index in [1.165, 1.54) is 11.1 Å². The summed E-state index contributed by atoms with van der Waals surface area (Å²) in [5.74, 6) is 0.757. The smallest absolute Gasteiger partial charge is 0.226 e. The molecule has 5 heteroatoms. The van der Waals surface area contributed by atoms with Crippen LogP contribution in [0.4, 0.5) is 5.95 Å². The molecule has 0 aliphatic carbocycles. The molecule has 23 heavy (non-hydrogen) atoms. The third-order valence-corrected chi connectivity index (χ3v) is 4.46. The number of nitrogens with zero attached hydrogens (tertiary/aromatic N) is 3. The van der Waals surface area contributed by atoms with E-state index in [0.717, 1.165) is 21.7 Å². The third kappa shape index (κ3) is 2.68. The Kier molecular flexibility index (Phi) is 3.50. The Morgan fingerprint density at radius 3 is 2.74 bits per heavy atom. The van der Waals surface area contributed by atoms with Crippen LogP contribution in [0.15, 0.2) is 65.4 Å². The molecule has 1 unspecified atom stereocenters. The van der Waals surface area contributed by atoms with E-state index in [1.54, 1.807) is 6.33 Å². The van der Waals surface area contributed by atoms with Gasteiger partial charge in [0.1, 0.15) is 12.4 Å². The summed E-state index contributed by atoms with van der Waals surface area (Å²) >= 11 is 3.53. The summed E-state index contributed by atoms with van der Waals surface area (Å²) in [5.41, 5.74) is 4.59. The van der Waals surface area contributed by atoms with Crippen LogP contribution in [0.3, 0.4) is 0 Å². The second kappa shape index (κ2) is 5.66. The van der Waals surface area contributed by atoms with E-state index in [9.17, 15) is 0 Å². The normalized spacial score (nSPS) is 16.4. The molecule has 1 atom stereocenters. The SMILES string of the molecule is Cc1ccc(C2C=C(c3cccc(Br)c3)Nc3ncnn32)cc1. The second-order valence-electron chi connectivity index (χ2n) is 5.60. The molecule has 1 aliphatic heterocycles. The number of nitrogens with one attached hydrogen (secondary N) is 1. The van der Waals surface area contributed by atoms with Crippen LogP contribution in [-0.2, 0) is 0 Å². The van der Waals surface area contributed by atoms with Crippen LogP contribution in [0.5, 0.6) is 0 Å². The summed E-state index contributed by atoms with van der Waals surface area (Å²) in [6, 6.07) is 16.8. The monoisotopic (exact) mass is 366 g/mol. The highest BCUT2D eigenvalue weighted by atomic mass is 79.9. The van der Waals surface area contributed by atoms with Crippen molar-refractivity contribution < 1.29 is 0 Å². The van der Waals surface area contributed by atoms with Crippen molar-refractivity contribution >= 4 is 27.6 Å². The van der Waals surface area contributed by atoms with Gasteiger partial charge in [-0.1, -0.05) is 57.9 Å². The Balaban J connectivity index is 1.81. The number of hydrogen-bond donors (Lipinski definition) is 1. The topological polar surface area (TPSA) is 42.7 Å². The van der Waals surface area contributed by atoms with Gasteiger partial charge in [0.25, 0.3) is 0 Å². The van der Waals surface area contributed by atoms with Crippen molar-refractivity contribution in [3.8, 4) is 0 Å². The standard InChI is InChI=1S/C18H15BrN4/c1-12-5-7-13(8-6-12)17-10-16(14-3-2-4-15(19)9-14)22-18-20-11-21-23(17)18/h2-11,17H,1H3,(H,20,21,22). The van der Waals surface area contributed by atoms with Crippen LogP contribution in [0, 0.1) is 6.92 Å². The van der Waals surface area contributed by atoms with Gasteiger partial charge in [-0.05, 0) is 36.3 Å². The first-order valence-corrected chi connectivity index (χ1v) is 8.21. The molecule has 2 heterocycles. The average Bonchev–Trinajstić information content (AvgIpc) is 3.03. The fourth-order valence-electron chi connectivity index (χ4n) is 2.76. The van der Waals surface area contributed by atoms with E-state index in [4.69, 9.17) is 0 Å². The molecule has 114 valence electrons. The molecule has 4 rings (SSSR count). The van der Waals surface area contributed by atoms with Crippen molar-refractivity contribution in [1.29, 1.82) is 0 Å². The van der Waals surface area contributed by atoms with Gasteiger partial charge < -0.3 is 5.32 Å². The van der Waals surface area contributed by atoms with Crippen LogP contribution in [-0.4, -0.2) is 14.8 Å². The lowest BCUT2D eigenvalue weighted by molar-refractivity contribution is 0.612. The van der Waals surface area contributed by atoms with Crippen molar-refractivity contribution in [2.45, 2.75) is 13.0 Å². The zero-order valence-corrected chi connectivity index (χ0v) is 14.2. The minimum atomic E-state index is 0.0309. The minimum absolute atomic E-state index is 0.0309. The van der Waals surface area contributed by atoms with E-state index >= 15 is 0 Å². The molecular formula is C18H15BrN4. The minimum Gasteiger partial charge on any atom is -0.324 e. The number of hydrogen-bond acceptors (Lipinski definition) is 3. The molecule has 0 radical (unpaired) electrons. The first-order valence-electron chi connectivity index (χ1n) is 7.41. The number of allylic oxidation sites excluding steroid dienone is 1. The number of benzene rings is 2. The summed E-state index contributed by atoms with van der Waals surface area (Å²) < 4.78 is 2.96. The number of fused-ring (bicyclic) bond motifs is 1. The maximum Gasteiger partial charge on any atom is 0.226 e. The second-order valence-corrected chi connectivity index (χ2v) is 6.52. The maximum absolute atomic E-state index is 4.37. The Bertz CT molecular complexity index is 880. The molecule has 3 aromatic rings. The molecule has 0 amide bonds. The Hall–Kier alpha value is -2.40. The number of rotatable bonds is 2. The van der Waals surface area contributed by atoms with Crippen molar-refractivity contribution in [3.05, 3.63) is 82.1 Å². The van der Waals surface area contributed by atoms with Gasteiger partial charge in [0.05, 0.1) is 0 Å². The van der Waals surface area contributed by atoms with E-state index in [-0.39, 0.29) is 6.04 Å². The summed E-state index contributed by atoms with van der Waals surface area (Å²) in [7, 11) is 0. The molecule has 0 saturated heterocycles. The van der Waals surface area contributed by atoms with Crippen molar-refractivity contribution in [2.24, 2.45) is 0 Å². The third-order valence-electron chi connectivity index (χ3n) is 3.96. The number of aromatic nitrogens is 3. The highest BCUT2D eigenvalue weighted by Crippen LogP contribution is 2.32. The molecule has 1 N–H and O–H groups in total. The van der Waals surface area contributed by atoms with Crippen LogP contribution in [0.1, 0.15) is 22.7 Å². The lowest BCUT2D eigenvalue weighted by Crippen LogP contribution is -2.20. The van der Waals surface area contributed by atoms with Gasteiger partial charge in [0.15, 0.2) is 0 Å². The van der Waals surface area contributed by atoms with Crippen LogP contribution >= 0.6 is 15.9 Å². The van der Waals surface area contributed by atoms with E-state index < -0.39 is 0 Å². The van der Waals surface area contributed by atoms with Gasteiger partial charge in [-0.3, -0.25) is 0 Å². The van der Waals surface area contributed by atoms with Gasteiger partial charge in [0.2, 0.25) is 5.95 Å². The molecule has 1 aromatic heterocycles. The molecule has 2 aromatic carbocycles. The Labute approximate surface area is 143 Å². The molecule has 0 saturated carbocycles. The number of halogens is 1. The fourth-order valence-corrected chi connectivity index (χ4v) is 3.16. The van der Waals surface area contributed by atoms with E-state index in [0.29, 0.717) is 0 Å². The van der Waals surface area contributed by atoms with Crippen LogP contribution < -0.4 is 5.32 Å². The van der Waals surface area contributed by atoms with E-state index in [1.807, 2.05) is 16.8 Å². The summed E-state index contributed by atoms with van der Waals surface area (Å²) in [4.78, 5) is 4.34. The quantitative estimate of drug-likeness (QED) is 0.730. The molecule has 4 nitrogen and oxygen atoms in total. The maximum atomic E-state index is 4.37. The van der Waals surface area contributed by atoms with Gasteiger partial charge >= 0.3 is 0 Å². The lowest BCUT2D eigenvalue weighted by atomic mass is 10.0. The predicted molar refractivity (Wildman–Crippen MR) is 95.1 cm³/mol. The largest absolute Gasteiger partial charge is 0.324 e. The highest BCUT2D eigenvalue weighted by molar-refractivity contribution is 9.10. The zero-order valence-electron chi connectivity index (χ0n) is 12.6. The highest BCUT2D eigenvalue weighted by Gasteiger charge is 2.23. The number of aryl methyl sites for hydroxylation is 1. The van der Waals surface area contributed by atoms with Crippen molar-refractivity contribution in [2.75, 3.05) is 5.32 Å². The molecular weight excluding hydrogens is 352 g/mol. The Morgan fingerprint density at radius 2 is 1.96 bits per heavy atom. The van der Waals surface area contributed by atoms with Crippen LogP contribution in [0.25, 0.3) is 5.70 Å². The van der Waals surface area contributed by atoms with Gasteiger partial charge in [-0.2, -0.15) is 10.1 Å². The van der Waals surface area contributed by atoms with Crippen molar-refractivity contribution in [1.82, 2.24) is 14.8 Å². The van der Waals surface area contributed by atoms with Gasteiger partial charge in [-0.15, -0.1) is 0 Å².